The maximum atomic E-state index is 14.0. The number of hydrogen-bond donors (Lipinski definition) is 2. The van der Waals surface area contributed by atoms with Crippen molar-refractivity contribution in [1.29, 1.82) is 0 Å². The molecule has 1 aromatic carbocycles. The molecule has 1 aromatic heterocycles. The molecule has 2 N–H and O–H groups in total. The van der Waals surface area contributed by atoms with Gasteiger partial charge in [0, 0.05) is 44.3 Å². The van der Waals surface area contributed by atoms with Gasteiger partial charge in [0.1, 0.15) is 11.7 Å². The molecule has 12 heteroatoms. The van der Waals surface area contributed by atoms with E-state index < -0.39 is 35.3 Å². The molecule has 0 spiro atoms. The van der Waals surface area contributed by atoms with Gasteiger partial charge in [0.15, 0.2) is 11.6 Å². The van der Waals surface area contributed by atoms with Gasteiger partial charge in [0.25, 0.3) is 5.91 Å². The van der Waals surface area contributed by atoms with Crippen LogP contribution in [0, 0.1) is 17.6 Å². The Labute approximate surface area is 203 Å². The molecule has 0 saturated carbocycles. The van der Waals surface area contributed by atoms with Crippen molar-refractivity contribution in [3.05, 3.63) is 65.0 Å². The van der Waals surface area contributed by atoms with Crippen molar-refractivity contribution in [2.75, 3.05) is 26.2 Å². The van der Waals surface area contributed by atoms with Gasteiger partial charge in [-0.15, -0.1) is 0 Å². The Hall–Kier alpha value is -3.12. The van der Waals surface area contributed by atoms with Gasteiger partial charge in [-0.25, -0.2) is 14.2 Å². The van der Waals surface area contributed by atoms with E-state index in [1.165, 1.54) is 6.20 Å². The number of likely N-dealkylation sites (tertiary alicyclic amines) is 2. The first-order valence-electron chi connectivity index (χ1n) is 11.7. The normalized spacial score (nSPS) is 24.8. The number of aromatic nitrogens is 1. The number of hydrazine groups is 1. The Morgan fingerprint density at radius 2 is 1.72 bits per heavy atom. The number of benzene rings is 1. The molecule has 36 heavy (non-hydrogen) atoms. The van der Waals surface area contributed by atoms with E-state index in [2.05, 4.69) is 15.8 Å². The Kier molecular flexibility index (Phi) is 6.41. The van der Waals surface area contributed by atoms with Crippen molar-refractivity contribution in [3.63, 3.8) is 0 Å². The lowest BCUT2D eigenvalue weighted by molar-refractivity contribution is -0.141. The van der Waals surface area contributed by atoms with Crippen molar-refractivity contribution in [2.24, 2.45) is 5.92 Å². The average Bonchev–Trinajstić information content (AvgIpc) is 3.46. The molecule has 192 valence electrons. The lowest BCUT2D eigenvalue weighted by Crippen LogP contribution is -2.51. The Bertz CT molecular complexity index is 1150. The molecule has 4 heterocycles. The van der Waals surface area contributed by atoms with Crippen LogP contribution in [-0.2, 0) is 11.0 Å². The number of piperidine rings is 1. The molecule has 2 aromatic rings. The summed E-state index contributed by atoms with van der Waals surface area (Å²) in [5.41, 5.74) is 4.56. The van der Waals surface area contributed by atoms with E-state index in [0.717, 1.165) is 6.07 Å². The van der Waals surface area contributed by atoms with Crippen molar-refractivity contribution in [2.45, 2.75) is 37.0 Å². The van der Waals surface area contributed by atoms with Crippen molar-refractivity contribution in [3.8, 4) is 0 Å². The summed E-state index contributed by atoms with van der Waals surface area (Å²) in [6.07, 6.45) is -3.10. The first-order valence-corrected chi connectivity index (χ1v) is 11.7. The van der Waals surface area contributed by atoms with E-state index in [9.17, 15) is 31.5 Å². The third kappa shape index (κ3) is 4.43. The molecule has 0 aliphatic carbocycles. The molecule has 2 amide bonds. The number of carbonyl (C=O) groups excluding carboxylic acids is 2. The third-order valence-corrected chi connectivity index (χ3v) is 7.31. The van der Waals surface area contributed by atoms with Gasteiger partial charge in [-0.1, -0.05) is 12.1 Å². The fourth-order valence-electron chi connectivity index (χ4n) is 5.49. The van der Waals surface area contributed by atoms with Crippen LogP contribution in [-0.4, -0.2) is 64.9 Å². The topological polar surface area (TPSA) is 77.6 Å². The molecule has 0 radical (unpaired) electrons. The van der Waals surface area contributed by atoms with E-state index in [0.29, 0.717) is 24.8 Å². The fourth-order valence-corrected chi connectivity index (χ4v) is 5.49. The zero-order valence-corrected chi connectivity index (χ0v) is 19.1. The maximum Gasteiger partial charge on any atom is 0.419 e. The molecule has 3 saturated heterocycles. The minimum atomic E-state index is -5.02. The zero-order chi connectivity index (χ0) is 25.6. The molecule has 3 atom stereocenters. The summed E-state index contributed by atoms with van der Waals surface area (Å²) < 4.78 is 67.9. The molecule has 5 rings (SSSR count). The molecule has 3 aliphatic heterocycles. The van der Waals surface area contributed by atoms with E-state index in [-0.39, 0.29) is 55.3 Å². The van der Waals surface area contributed by atoms with Crippen LogP contribution in [0.25, 0.3) is 0 Å². The van der Waals surface area contributed by atoms with E-state index in [1.807, 2.05) is 0 Å². The summed E-state index contributed by atoms with van der Waals surface area (Å²) in [4.78, 5) is 33.4. The van der Waals surface area contributed by atoms with E-state index >= 15 is 0 Å². The number of nitrogens with one attached hydrogen (secondary N) is 2. The molecule has 0 bridgehead atoms. The van der Waals surface area contributed by atoms with Crippen LogP contribution < -0.4 is 10.9 Å². The van der Waals surface area contributed by atoms with Crippen LogP contribution in [0.5, 0.6) is 0 Å². The highest BCUT2D eigenvalue weighted by Gasteiger charge is 2.48. The average molecular weight is 509 g/mol. The SMILES string of the molecule is O=C(c1ccccn1)N1CC2NNC(C(=O)N3CCC(c4ccc(F)c(F)c4C(F)(F)F)CC3)C2C1. The van der Waals surface area contributed by atoms with Gasteiger partial charge in [0.05, 0.1) is 5.56 Å². The summed E-state index contributed by atoms with van der Waals surface area (Å²) >= 11 is 0. The first-order chi connectivity index (χ1) is 17.1. The van der Waals surface area contributed by atoms with Gasteiger partial charge in [-0.05, 0) is 42.5 Å². The van der Waals surface area contributed by atoms with Gasteiger partial charge >= 0.3 is 6.18 Å². The van der Waals surface area contributed by atoms with E-state index in [1.54, 1.807) is 28.0 Å². The predicted molar refractivity (Wildman–Crippen MR) is 117 cm³/mol. The summed E-state index contributed by atoms with van der Waals surface area (Å²) in [7, 11) is 0. The maximum absolute atomic E-state index is 14.0. The minimum absolute atomic E-state index is 0.124. The predicted octanol–water partition coefficient (Wildman–Crippen LogP) is 2.70. The number of carbonyl (C=O) groups is 2. The molecule has 3 unspecified atom stereocenters. The van der Waals surface area contributed by atoms with Gasteiger partial charge in [-0.3, -0.25) is 20.0 Å². The largest absolute Gasteiger partial charge is 0.419 e. The van der Waals surface area contributed by atoms with Gasteiger partial charge < -0.3 is 9.80 Å². The van der Waals surface area contributed by atoms with Crippen LogP contribution in [0.2, 0.25) is 0 Å². The number of amides is 2. The smallest absolute Gasteiger partial charge is 0.341 e. The number of rotatable bonds is 3. The van der Waals surface area contributed by atoms with Crippen LogP contribution in [0.15, 0.2) is 36.5 Å². The van der Waals surface area contributed by atoms with Gasteiger partial charge in [0.2, 0.25) is 5.91 Å². The Balaban J connectivity index is 1.23. The lowest BCUT2D eigenvalue weighted by atomic mass is 9.85. The summed E-state index contributed by atoms with van der Waals surface area (Å²) in [6, 6.07) is 6.06. The van der Waals surface area contributed by atoms with Crippen LogP contribution >= 0.6 is 0 Å². The summed E-state index contributed by atoms with van der Waals surface area (Å²) in [6.45, 7) is 1.14. The van der Waals surface area contributed by atoms with Crippen molar-refractivity contribution >= 4 is 11.8 Å². The number of hydrogen-bond acceptors (Lipinski definition) is 5. The molecule has 3 fully saturated rings. The number of nitrogens with zero attached hydrogens (tertiary/aromatic N) is 3. The molecule has 7 nitrogen and oxygen atoms in total. The number of fused-ring (bicyclic) bond motifs is 1. The Morgan fingerprint density at radius 3 is 2.39 bits per heavy atom. The van der Waals surface area contributed by atoms with Crippen LogP contribution in [0.3, 0.4) is 0 Å². The molecular weight excluding hydrogens is 485 g/mol. The fraction of sp³-hybridized carbons (Fsp3) is 0.458. The highest BCUT2D eigenvalue weighted by molar-refractivity contribution is 5.92. The second-order valence-electron chi connectivity index (χ2n) is 9.38. The second kappa shape index (κ2) is 9.40. The molecule has 3 aliphatic rings. The standard InChI is InChI=1S/C24H24F5N5O2/c25-16-5-4-14(19(20(16)26)24(27,28)29)13-6-9-33(10-7-13)23(36)21-15-11-34(12-18(15)31-32-21)22(35)17-3-1-2-8-30-17/h1-5,8,13,15,18,21,31-32H,6-7,9-12H2. The zero-order valence-electron chi connectivity index (χ0n) is 19.1. The third-order valence-electron chi connectivity index (χ3n) is 7.31. The van der Waals surface area contributed by atoms with Crippen LogP contribution in [0.4, 0.5) is 22.0 Å². The van der Waals surface area contributed by atoms with E-state index in [4.69, 9.17) is 0 Å². The van der Waals surface area contributed by atoms with Gasteiger partial charge in [-0.2, -0.15) is 13.2 Å². The Morgan fingerprint density at radius 1 is 0.972 bits per heavy atom. The highest BCUT2D eigenvalue weighted by atomic mass is 19.4. The monoisotopic (exact) mass is 509 g/mol. The highest BCUT2D eigenvalue weighted by Crippen LogP contribution is 2.41. The number of pyridine rings is 1. The molecular formula is C24H24F5N5O2. The summed E-state index contributed by atoms with van der Waals surface area (Å²) in [5.74, 6) is -4.68. The number of halogens is 5. The lowest BCUT2D eigenvalue weighted by Gasteiger charge is -2.35. The quantitative estimate of drug-likeness (QED) is 0.623. The minimum Gasteiger partial charge on any atom is -0.341 e. The van der Waals surface area contributed by atoms with Crippen molar-refractivity contribution in [1.82, 2.24) is 25.6 Å². The second-order valence-corrected chi connectivity index (χ2v) is 9.38. The first kappa shape index (κ1) is 24.6. The van der Waals surface area contributed by atoms with Crippen LogP contribution in [0.1, 0.15) is 40.4 Å². The summed E-state index contributed by atoms with van der Waals surface area (Å²) in [5, 5.41) is 0. The van der Waals surface area contributed by atoms with Crippen molar-refractivity contribution < 1.29 is 31.5 Å². The number of alkyl halides is 3.